The van der Waals surface area contributed by atoms with E-state index in [1.54, 1.807) is 11.3 Å². The molecule has 0 aliphatic carbocycles. The summed E-state index contributed by atoms with van der Waals surface area (Å²) in [5.74, 6) is 0. The third kappa shape index (κ3) is 0.878. The van der Waals surface area contributed by atoms with Gasteiger partial charge in [0.1, 0.15) is 0 Å². The molecule has 0 aliphatic rings. The monoisotopic (exact) mass is 166 g/mol. The molecular formula is C8H10N2S. The van der Waals surface area contributed by atoms with Gasteiger partial charge in [0.25, 0.3) is 0 Å². The molecule has 0 fully saturated rings. The van der Waals surface area contributed by atoms with Gasteiger partial charge in [-0.2, -0.15) is 0 Å². The van der Waals surface area contributed by atoms with Crippen molar-refractivity contribution in [3.05, 3.63) is 23.0 Å². The highest BCUT2D eigenvalue weighted by Gasteiger charge is 2.05. The molecule has 0 radical (unpaired) electrons. The fraction of sp³-hybridized carbons (Fsp3) is 0.375. The van der Waals surface area contributed by atoms with Gasteiger partial charge >= 0.3 is 0 Å². The summed E-state index contributed by atoms with van der Waals surface area (Å²) in [7, 11) is 0. The van der Waals surface area contributed by atoms with E-state index in [2.05, 4.69) is 34.8 Å². The zero-order chi connectivity index (χ0) is 7.84. The standard InChI is InChI=1S/C8H10N2S/c1-3-7-6(2)9-8-10(7)4-5-11-8/h4-5H,3H2,1-2H3. The van der Waals surface area contributed by atoms with Crippen LogP contribution in [0.4, 0.5) is 0 Å². The van der Waals surface area contributed by atoms with Crippen molar-refractivity contribution in [1.29, 1.82) is 0 Å². The largest absolute Gasteiger partial charge is 0.294 e. The van der Waals surface area contributed by atoms with E-state index in [0.29, 0.717) is 0 Å². The summed E-state index contributed by atoms with van der Waals surface area (Å²) < 4.78 is 2.17. The van der Waals surface area contributed by atoms with E-state index in [1.165, 1.54) is 11.4 Å². The van der Waals surface area contributed by atoms with Crippen LogP contribution in [0, 0.1) is 6.92 Å². The van der Waals surface area contributed by atoms with Crippen molar-refractivity contribution in [3.8, 4) is 0 Å². The highest BCUT2D eigenvalue weighted by molar-refractivity contribution is 7.15. The fourth-order valence-electron chi connectivity index (χ4n) is 1.37. The number of aryl methyl sites for hydroxylation is 2. The summed E-state index contributed by atoms with van der Waals surface area (Å²) in [6.07, 6.45) is 3.14. The number of hydrogen-bond acceptors (Lipinski definition) is 2. The zero-order valence-corrected chi connectivity index (χ0v) is 7.48. The van der Waals surface area contributed by atoms with Crippen LogP contribution >= 0.6 is 11.3 Å². The van der Waals surface area contributed by atoms with Gasteiger partial charge in [-0.3, -0.25) is 4.40 Å². The lowest BCUT2D eigenvalue weighted by Crippen LogP contribution is -1.87. The minimum absolute atomic E-state index is 1.06. The normalized spacial score (nSPS) is 11.1. The van der Waals surface area contributed by atoms with Crippen molar-refractivity contribution >= 4 is 16.3 Å². The molecule has 2 heterocycles. The number of rotatable bonds is 1. The first-order chi connectivity index (χ1) is 5.33. The van der Waals surface area contributed by atoms with E-state index < -0.39 is 0 Å². The van der Waals surface area contributed by atoms with Crippen LogP contribution in [0.2, 0.25) is 0 Å². The lowest BCUT2D eigenvalue weighted by molar-refractivity contribution is 0.985. The number of hydrogen-bond donors (Lipinski definition) is 0. The lowest BCUT2D eigenvalue weighted by atomic mass is 10.3. The van der Waals surface area contributed by atoms with Gasteiger partial charge < -0.3 is 0 Å². The van der Waals surface area contributed by atoms with Crippen molar-refractivity contribution in [2.75, 3.05) is 0 Å². The van der Waals surface area contributed by atoms with Crippen LogP contribution in [0.15, 0.2) is 11.6 Å². The maximum atomic E-state index is 4.43. The summed E-state index contributed by atoms with van der Waals surface area (Å²) in [4.78, 5) is 5.54. The van der Waals surface area contributed by atoms with Crippen molar-refractivity contribution < 1.29 is 0 Å². The van der Waals surface area contributed by atoms with Gasteiger partial charge in [0.05, 0.1) is 5.69 Å². The molecule has 0 saturated carbocycles. The Bertz CT molecular complexity index is 372. The Hall–Kier alpha value is -0.830. The number of nitrogens with zero attached hydrogens (tertiary/aromatic N) is 2. The summed E-state index contributed by atoms with van der Waals surface area (Å²) >= 11 is 1.69. The Morgan fingerprint density at radius 3 is 3.18 bits per heavy atom. The molecule has 0 N–H and O–H groups in total. The highest BCUT2D eigenvalue weighted by Crippen LogP contribution is 2.16. The Labute approximate surface area is 69.5 Å². The van der Waals surface area contributed by atoms with E-state index in [9.17, 15) is 0 Å². The maximum absolute atomic E-state index is 4.43. The zero-order valence-electron chi connectivity index (χ0n) is 6.66. The topological polar surface area (TPSA) is 17.3 Å². The molecule has 0 bridgehead atoms. The van der Waals surface area contributed by atoms with Crippen molar-refractivity contribution in [2.24, 2.45) is 0 Å². The molecule has 0 amide bonds. The van der Waals surface area contributed by atoms with Crippen LogP contribution in [0.1, 0.15) is 18.3 Å². The second-order valence-electron chi connectivity index (χ2n) is 2.55. The molecule has 0 atom stereocenters. The molecule has 11 heavy (non-hydrogen) atoms. The maximum Gasteiger partial charge on any atom is 0.194 e. The summed E-state index contributed by atoms with van der Waals surface area (Å²) in [6, 6.07) is 0. The summed E-state index contributed by atoms with van der Waals surface area (Å²) in [5.41, 5.74) is 2.50. The minimum Gasteiger partial charge on any atom is -0.294 e. The number of aromatic nitrogens is 2. The number of imidazole rings is 1. The number of fused-ring (bicyclic) bond motifs is 1. The second-order valence-corrected chi connectivity index (χ2v) is 3.43. The van der Waals surface area contributed by atoms with Gasteiger partial charge in [-0.15, -0.1) is 11.3 Å². The molecular weight excluding hydrogens is 156 g/mol. The second kappa shape index (κ2) is 2.34. The minimum atomic E-state index is 1.06. The van der Waals surface area contributed by atoms with Gasteiger partial charge in [0, 0.05) is 17.3 Å². The van der Waals surface area contributed by atoms with E-state index in [0.717, 1.165) is 11.4 Å². The molecule has 0 unspecified atom stereocenters. The molecule has 58 valence electrons. The molecule has 0 aliphatic heterocycles. The quantitative estimate of drug-likeness (QED) is 0.635. The average Bonchev–Trinajstić information content (AvgIpc) is 2.46. The molecule has 2 nitrogen and oxygen atoms in total. The molecule has 3 heteroatoms. The van der Waals surface area contributed by atoms with Crippen molar-refractivity contribution in [1.82, 2.24) is 9.38 Å². The Morgan fingerprint density at radius 1 is 1.64 bits per heavy atom. The van der Waals surface area contributed by atoms with E-state index >= 15 is 0 Å². The molecule has 2 rings (SSSR count). The first-order valence-electron chi connectivity index (χ1n) is 3.74. The molecule has 0 spiro atoms. The Kier molecular flexibility index (Phi) is 1.46. The first kappa shape index (κ1) is 6.85. The Morgan fingerprint density at radius 2 is 2.45 bits per heavy atom. The molecule has 0 saturated heterocycles. The van der Waals surface area contributed by atoms with Crippen LogP contribution in [0.5, 0.6) is 0 Å². The smallest absolute Gasteiger partial charge is 0.194 e. The van der Waals surface area contributed by atoms with Crippen LogP contribution in [-0.4, -0.2) is 9.38 Å². The van der Waals surface area contributed by atoms with Crippen LogP contribution in [-0.2, 0) is 6.42 Å². The fourth-order valence-corrected chi connectivity index (χ4v) is 2.15. The third-order valence-electron chi connectivity index (χ3n) is 1.90. The van der Waals surface area contributed by atoms with Gasteiger partial charge in [0.2, 0.25) is 0 Å². The van der Waals surface area contributed by atoms with Gasteiger partial charge in [-0.1, -0.05) is 6.92 Å². The summed E-state index contributed by atoms with van der Waals surface area (Å²) in [6.45, 7) is 4.23. The van der Waals surface area contributed by atoms with Crippen molar-refractivity contribution in [2.45, 2.75) is 20.3 Å². The van der Waals surface area contributed by atoms with Crippen molar-refractivity contribution in [3.63, 3.8) is 0 Å². The van der Waals surface area contributed by atoms with E-state index in [-0.39, 0.29) is 0 Å². The molecule has 2 aromatic rings. The van der Waals surface area contributed by atoms with Crippen LogP contribution < -0.4 is 0 Å². The van der Waals surface area contributed by atoms with Crippen LogP contribution in [0.25, 0.3) is 4.96 Å². The predicted octanol–water partition coefficient (Wildman–Crippen LogP) is 2.27. The van der Waals surface area contributed by atoms with E-state index in [4.69, 9.17) is 0 Å². The lowest BCUT2D eigenvalue weighted by Gasteiger charge is -1.92. The highest BCUT2D eigenvalue weighted by atomic mass is 32.1. The number of thiazole rings is 1. The SMILES string of the molecule is CCc1c(C)nc2sccn12. The average molecular weight is 166 g/mol. The van der Waals surface area contributed by atoms with Gasteiger partial charge in [-0.25, -0.2) is 4.98 Å². The van der Waals surface area contributed by atoms with E-state index in [1.807, 2.05) is 0 Å². The molecule has 2 aromatic heterocycles. The predicted molar refractivity (Wildman–Crippen MR) is 47.2 cm³/mol. The van der Waals surface area contributed by atoms with Gasteiger partial charge in [-0.05, 0) is 13.3 Å². The van der Waals surface area contributed by atoms with Gasteiger partial charge in [0.15, 0.2) is 4.96 Å². The third-order valence-corrected chi connectivity index (χ3v) is 2.65. The first-order valence-corrected chi connectivity index (χ1v) is 4.62. The van der Waals surface area contributed by atoms with Crippen LogP contribution in [0.3, 0.4) is 0 Å². The molecule has 0 aromatic carbocycles. The summed E-state index contributed by atoms with van der Waals surface area (Å²) in [5, 5.41) is 2.07. The Balaban J connectivity index is 2.80.